The van der Waals surface area contributed by atoms with Gasteiger partial charge in [0.1, 0.15) is 0 Å². The third kappa shape index (κ3) is 4.32. The summed E-state index contributed by atoms with van der Waals surface area (Å²) in [4.78, 5) is 24.1. The number of rotatable bonds is 5. The number of nitrogens with zero attached hydrogens (tertiary/aromatic N) is 1. The molecule has 0 aromatic heterocycles. The number of hydrogen-bond donors (Lipinski definition) is 1. The molecule has 0 bridgehead atoms. The van der Waals surface area contributed by atoms with Gasteiger partial charge in [0.05, 0.1) is 32.3 Å². The lowest BCUT2D eigenvalue weighted by Gasteiger charge is -2.32. The van der Waals surface area contributed by atoms with Crippen molar-refractivity contribution in [1.82, 2.24) is 4.90 Å². The first-order valence-corrected chi connectivity index (χ1v) is 5.74. The third-order valence-corrected chi connectivity index (χ3v) is 2.50. The molecular weight excluding hydrogens is 226 g/mol. The molecule has 0 spiro atoms. The fourth-order valence-corrected chi connectivity index (χ4v) is 1.63. The summed E-state index contributed by atoms with van der Waals surface area (Å²) >= 11 is 0. The number of carboxylic acids is 1. The molecule has 1 aliphatic rings. The molecule has 1 saturated heterocycles. The van der Waals surface area contributed by atoms with Gasteiger partial charge in [-0.05, 0) is 13.8 Å². The van der Waals surface area contributed by atoms with E-state index in [4.69, 9.17) is 14.6 Å². The van der Waals surface area contributed by atoms with Crippen LogP contribution in [0, 0.1) is 0 Å². The van der Waals surface area contributed by atoms with E-state index in [1.807, 2.05) is 13.8 Å². The molecule has 0 radical (unpaired) electrons. The minimum Gasteiger partial charge on any atom is -0.480 e. The second-order valence-electron chi connectivity index (χ2n) is 4.19. The maximum absolute atomic E-state index is 11.8. The van der Waals surface area contributed by atoms with Crippen molar-refractivity contribution in [3.8, 4) is 0 Å². The van der Waals surface area contributed by atoms with Crippen LogP contribution in [-0.2, 0) is 19.1 Å². The standard InChI is InChI=1S/C11H19NO5/c1-8(2)17-5-3-10(13)12-4-6-16-7-9(12)11(14)15/h8-9H,3-7H2,1-2H3,(H,14,15)/t9-/m0/s1. The average Bonchev–Trinajstić information content (AvgIpc) is 2.28. The Labute approximate surface area is 100 Å². The molecule has 1 amide bonds. The lowest BCUT2D eigenvalue weighted by atomic mass is 10.2. The van der Waals surface area contributed by atoms with Crippen molar-refractivity contribution < 1.29 is 24.2 Å². The van der Waals surface area contributed by atoms with Crippen LogP contribution in [-0.4, -0.2) is 60.4 Å². The minimum absolute atomic E-state index is 0.0616. The van der Waals surface area contributed by atoms with Crippen LogP contribution >= 0.6 is 0 Å². The van der Waals surface area contributed by atoms with E-state index in [2.05, 4.69) is 0 Å². The first kappa shape index (κ1) is 13.9. The zero-order valence-corrected chi connectivity index (χ0v) is 10.2. The smallest absolute Gasteiger partial charge is 0.328 e. The van der Waals surface area contributed by atoms with Crippen molar-refractivity contribution in [1.29, 1.82) is 0 Å². The Morgan fingerprint density at radius 2 is 2.24 bits per heavy atom. The molecule has 1 aliphatic heterocycles. The van der Waals surface area contributed by atoms with Gasteiger partial charge in [-0.25, -0.2) is 4.79 Å². The maximum atomic E-state index is 11.8. The fraction of sp³-hybridized carbons (Fsp3) is 0.818. The number of amides is 1. The van der Waals surface area contributed by atoms with Gasteiger partial charge < -0.3 is 19.5 Å². The van der Waals surface area contributed by atoms with Crippen LogP contribution in [0.15, 0.2) is 0 Å². The highest BCUT2D eigenvalue weighted by atomic mass is 16.5. The molecule has 0 unspecified atom stereocenters. The summed E-state index contributed by atoms with van der Waals surface area (Å²) in [7, 11) is 0. The van der Waals surface area contributed by atoms with Gasteiger partial charge in [-0.15, -0.1) is 0 Å². The van der Waals surface area contributed by atoms with Gasteiger partial charge in [-0.1, -0.05) is 0 Å². The van der Waals surface area contributed by atoms with E-state index in [-0.39, 0.29) is 25.0 Å². The van der Waals surface area contributed by atoms with Gasteiger partial charge in [0.25, 0.3) is 0 Å². The van der Waals surface area contributed by atoms with Crippen LogP contribution in [0.5, 0.6) is 0 Å². The van der Waals surface area contributed by atoms with Gasteiger partial charge in [0.15, 0.2) is 6.04 Å². The molecule has 6 heteroatoms. The second-order valence-corrected chi connectivity index (χ2v) is 4.19. The topological polar surface area (TPSA) is 76.1 Å². The SMILES string of the molecule is CC(C)OCCC(=O)N1CCOC[C@H]1C(=O)O. The summed E-state index contributed by atoms with van der Waals surface area (Å²) in [6.45, 7) is 4.88. The molecule has 1 heterocycles. The number of hydrogen-bond acceptors (Lipinski definition) is 4. The number of carbonyl (C=O) groups excluding carboxylic acids is 1. The molecule has 98 valence electrons. The fourth-order valence-electron chi connectivity index (χ4n) is 1.63. The summed E-state index contributed by atoms with van der Waals surface area (Å²) in [5.74, 6) is -1.22. The Morgan fingerprint density at radius 3 is 2.82 bits per heavy atom. The van der Waals surface area contributed by atoms with E-state index in [0.717, 1.165) is 0 Å². The van der Waals surface area contributed by atoms with Crippen molar-refractivity contribution >= 4 is 11.9 Å². The Kier molecular flexibility index (Phi) is 5.37. The van der Waals surface area contributed by atoms with Crippen molar-refractivity contribution in [2.24, 2.45) is 0 Å². The van der Waals surface area contributed by atoms with Gasteiger partial charge in [-0.2, -0.15) is 0 Å². The van der Waals surface area contributed by atoms with Crippen molar-refractivity contribution in [3.63, 3.8) is 0 Å². The van der Waals surface area contributed by atoms with E-state index in [1.165, 1.54) is 4.90 Å². The van der Waals surface area contributed by atoms with Gasteiger partial charge in [0.2, 0.25) is 5.91 Å². The molecule has 0 aliphatic carbocycles. The highest BCUT2D eigenvalue weighted by Crippen LogP contribution is 2.09. The van der Waals surface area contributed by atoms with Crippen LogP contribution in [0.2, 0.25) is 0 Å². The minimum atomic E-state index is -1.03. The maximum Gasteiger partial charge on any atom is 0.328 e. The summed E-state index contributed by atoms with van der Waals surface area (Å²) in [5, 5.41) is 8.97. The first-order valence-electron chi connectivity index (χ1n) is 5.74. The molecule has 1 N–H and O–H groups in total. The molecule has 0 saturated carbocycles. The zero-order chi connectivity index (χ0) is 12.8. The molecule has 1 fully saturated rings. The largest absolute Gasteiger partial charge is 0.480 e. The van der Waals surface area contributed by atoms with Crippen LogP contribution in [0.1, 0.15) is 20.3 Å². The quantitative estimate of drug-likeness (QED) is 0.744. The van der Waals surface area contributed by atoms with Crippen molar-refractivity contribution in [3.05, 3.63) is 0 Å². The van der Waals surface area contributed by atoms with Crippen LogP contribution in [0.3, 0.4) is 0 Å². The lowest BCUT2D eigenvalue weighted by Crippen LogP contribution is -2.52. The average molecular weight is 245 g/mol. The van der Waals surface area contributed by atoms with E-state index in [9.17, 15) is 9.59 Å². The summed E-state index contributed by atoms with van der Waals surface area (Å²) < 4.78 is 10.3. The second kappa shape index (κ2) is 6.56. The molecule has 6 nitrogen and oxygen atoms in total. The number of aliphatic carboxylic acids is 1. The lowest BCUT2D eigenvalue weighted by molar-refractivity contribution is -0.158. The third-order valence-electron chi connectivity index (χ3n) is 2.50. The highest BCUT2D eigenvalue weighted by Gasteiger charge is 2.32. The Hall–Kier alpha value is -1.14. The van der Waals surface area contributed by atoms with Gasteiger partial charge in [-0.3, -0.25) is 4.79 Å². The molecule has 0 aromatic carbocycles. The van der Waals surface area contributed by atoms with E-state index >= 15 is 0 Å². The summed E-state index contributed by atoms with van der Waals surface area (Å²) in [6, 6.07) is -0.865. The summed E-state index contributed by atoms with van der Waals surface area (Å²) in [6.07, 6.45) is 0.282. The molecule has 0 aromatic rings. The molecule has 1 atom stereocenters. The Morgan fingerprint density at radius 1 is 1.53 bits per heavy atom. The van der Waals surface area contributed by atoms with Gasteiger partial charge >= 0.3 is 5.97 Å². The van der Waals surface area contributed by atoms with E-state index < -0.39 is 12.0 Å². The Bertz CT molecular complexity index is 279. The van der Waals surface area contributed by atoms with Crippen molar-refractivity contribution in [2.45, 2.75) is 32.4 Å². The number of carbonyl (C=O) groups is 2. The molecular formula is C11H19NO5. The van der Waals surface area contributed by atoms with Crippen LogP contribution in [0.4, 0.5) is 0 Å². The molecule has 1 rings (SSSR count). The monoisotopic (exact) mass is 245 g/mol. The number of morpholine rings is 1. The summed E-state index contributed by atoms with van der Waals surface area (Å²) in [5.41, 5.74) is 0. The highest BCUT2D eigenvalue weighted by molar-refractivity contribution is 5.84. The normalized spacial score (nSPS) is 20.6. The van der Waals surface area contributed by atoms with Crippen molar-refractivity contribution in [2.75, 3.05) is 26.4 Å². The van der Waals surface area contributed by atoms with Crippen LogP contribution in [0.25, 0.3) is 0 Å². The zero-order valence-electron chi connectivity index (χ0n) is 10.2. The number of carboxylic acid groups (broad SMARTS) is 1. The van der Waals surface area contributed by atoms with Gasteiger partial charge in [0, 0.05) is 6.54 Å². The molecule has 17 heavy (non-hydrogen) atoms. The van der Waals surface area contributed by atoms with Crippen LogP contribution < -0.4 is 0 Å². The predicted octanol–water partition coefficient (Wildman–Crippen LogP) is 0.114. The van der Waals surface area contributed by atoms with E-state index in [1.54, 1.807) is 0 Å². The number of ether oxygens (including phenoxy) is 2. The Balaban J connectivity index is 2.45. The predicted molar refractivity (Wildman–Crippen MR) is 59.7 cm³/mol. The first-order chi connectivity index (χ1) is 8.02. The van der Waals surface area contributed by atoms with E-state index in [0.29, 0.717) is 19.8 Å².